The summed E-state index contributed by atoms with van der Waals surface area (Å²) in [7, 11) is 0. The summed E-state index contributed by atoms with van der Waals surface area (Å²) in [5.41, 5.74) is 2.83. The SMILES string of the molecule is Cc1cccc(NCC2CCCN2C(=O)c2ccc3[nH]cnc3n2)n1. The Bertz CT molecular complexity index is 905. The Morgan fingerprint density at radius 2 is 2.24 bits per heavy atom. The highest BCUT2D eigenvalue weighted by molar-refractivity contribution is 5.94. The van der Waals surface area contributed by atoms with E-state index in [2.05, 4.69) is 25.3 Å². The summed E-state index contributed by atoms with van der Waals surface area (Å²) < 4.78 is 0. The van der Waals surface area contributed by atoms with Crippen molar-refractivity contribution in [2.75, 3.05) is 18.4 Å². The first-order valence-electron chi connectivity index (χ1n) is 8.49. The number of pyridine rings is 2. The molecule has 0 saturated carbocycles. The van der Waals surface area contributed by atoms with Crippen LogP contribution in [0.5, 0.6) is 0 Å². The predicted octanol–water partition coefficient (Wildman–Crippen LogP) is 2.38. The summed E-state index contributed by atoms with van der Waals surface area (Å²) in [4.78, 5) is 30.7. The number of rotatable bonds is 4. The van der Waals surface area contributed by atoms with Gasteiger partial charge in [-0.15, -0.1) is 0 Å². The summed E-state index contributed by atoms with van der Waals surface area (Å²) in [5.74, 6) is 0.807. The molecule has 7 heteroatoms. The molecule has 25 heavy (non-hydrogen) atoms. The number of nitrogens with one attached hydrogen (secondary N) is 2. The van der Waals surface area contributed by atoms with Crippen LogP contribution in [-0.2, 0) is 0 Å². The number of likely N-dealkylation sites (tertiary alicyclic amines) is 1. The molecule has 0 spiro atoms. The molecule has 0 aromatic carbocycles. The molecule has 1 saturated heterocycles. The van der Waals surface area contributed by atoms with Gasteiger partial charge in [-0.3, -0.25) is 4.79 Å². The first-order valence-corrected chi connectivity index (χ1v) is 8.49. The Morgan fingerprint density at radius 1 is 1.32 bits per heavy atom. The van der Waals surface area contributed by atoms with Gasteiger partial charge in [0.25, 0.3) is 5.91 Å². The number of aromatic amines is 1. The molecule has 0 radical (unpaired) electrons. The van der Waals surface area contributed by atoms with Crippen LogP contribution < -0.4 is 5.32 Å². The second-order valence-corrected chi connectivity index (χ2v) is 6.31. The van der Waals surface area contributed by atoms with Gasteiger partial charge in [-0.2, -0.15) is 0 Å². The van der Waals surface area contributed by atoms with Crippen molar-refractivity contribution in [3.8, 4) is 0 Å². The van der Waals surface area contributed by atoms with Gasteiger partial charge in [0, 0.05) is 24.8 Å². The molecule has 1 aliphatic heterocycles. The standard InChI is InChI=1S/C18H20N6O/c1-12-4-2-6-16(22-12)19-10-13-5-3-9-24(13)18(25)15-8-7-14-17(23-15)21-11-20-14/h2,4,6-8,11,13H,3,5,9-10H2,1H3,(H,19,22)(H,20,21,23). The lowest BCUT2D eigenvalue weighted by molar-refractivity contribution is 0.0738. The van der Waals surface area contributed by atoms with Crippen LogP contribution in [0, 0.1) is 6.92 Å². The fraction of sp³-hybridized carbons (Fsp3) is 0.333. The molecule has 1 unspecified atom stereocenters. The van der Waals surface area contributed by atoms with Crippen molar-refractivity contribution in [2.45, 2.75) is 25.8 Å². The largest absolute Gasteiger partial charge is 0.368 e. The fourth-order valence-electron chi connectivity index (χ4n) is 3.27. The third-order valence-electron chi connectivity index (χ3n) is 4.55. The van der Waals surface area contributed by atoms with Crippen LogP contribution in [-0.4, -0.2) is 49.9 Å². The van der Waals surface area contributed by atoms with Crippen LogP contribution >= 0.6 is 0 Å². The minimum absolute atomic E-state index is 0.0357. The zero-order valence-corrected chi connectivity index (χ0v) is 14.1. The fourth-order valence-corrected chi connectivity index (χ4v) is 3.27. The summed E-state index contributed by atoms with van der Waals surface area (Å²) in [5, 5.41) is 3.35. The Kier molecular flexibility index (Phi) is 4.05. The van der Waals surface area contributed by atoms with Crippen LogP contribution in [0.4, 0.5) is 5.82 Å². The van der Waals surface area contributed by atoms with Crippen LogP contribution in [0.15, 0.2) is 36.7 Å². The van der Waals surface area contributed by atoms with E-state index in [-0.39, 0.29) is 11.9 Å². The normalized spacial score (nSPS) is 17.2. The first kappa shape index (κ1) is 15.6. The van der Waals surface area contributed by atoms with Gasteiger partial charge in [0.05, 0.1) is 11.8 Å². The third-order valence-corrected chi connectivity index (χ3v) is 4.55. The van der Waals surface area contributed by atoms with Crippen molar-refractivity contribution in [1.29, 1.82) is 0 Å². The van der Waals surface area contributed by atoms with Crippen molar-refractivity contribution in [3.05, 3.63) is 48.0 Å². The van der Waals surface area contributed by atoms with Gasteiger partial charge in [0.15, 0.2) is 5.65 Å². The summed E-state index contributed by atoms with van der Waals surface area (Å²) in [6.45, 7) is 3.41. The average Bonchev–Trinajstić information content (AvgIpc) is 3.27. The van der Waals surface area contributed by atoms with E-state index in [4.69, 9.17) is 0 Å². The zero-order valence-electron chi connectivity index (χ0n) is 14.1. The van der Waals surface area contributed by atoms with E-state index in [0.29, 0.717) is 17.9 Å². The van der Waals surface area contributed by atoms with Crippen molar-refractivity contribution in [1.82, 2.24) is 24.8 Å². The summed E-state index contributed by atoms with van der Waals surface area (Å²) in [6.07, 6.45) is 3.57. The smallest absolute Gasteiger partial charge is 0.272 e. The summed E-state index contributed by atoms with van der Waals surface area (Å²) >= 11 is 0. The van der Waals surface area contributed by atoms with Gasteiger partial charge < -0.3 is 15.2 Å². The molecule has 7 nitrogen and oxygen atoms in total. The number of carbonyl (C=O) groups is 1. The Hall–Kier alpha value is -2.96. The van der Waals surface area contributed by atoms with Gasteiger partial charge in [-0.1, -0.05) is 6.07 Å². The van der Waals surface area contributed by atoms with Crippen LogP contribution in [0.2, 0.25) is 0 Å². The van der Waals surface area contributed by atoms with Gasteiger partial charge >= 0.3 is 0 Å². The molecule has 128 valence electrons. The summed E-state index contributed by atoms with van der Waals surface area (Å²) in [6, 6.07) is 9.64. The van der Waals surface area contributed by atoms with E-state index < -0.39 is 0 Å². The quantitative estimate of drug-likeness (QED) is 0.764. The highest BCUT2D eigenvalue weighted by Crippen LogP contribution is 2.21. The maximum Gasteiger partial charge on any atom is 0.272 e. The van der Waals surface area contributed by atoms with Crippen molar-refractivity contribution in [2.24, 2.45) is 0 Å². The second-order valence-electron chi connectivity index (χ2n) is 6.31. The molecule has 1 amide bonds. The van der Waals surface area contributed by atoms with E-state index in [9.17, 15) is 4.79 Å². The molecule has 4 rings (SSSR count). The molecule has 0 aliphatic carbocycles. The number of carbonyl (C=O) groups excluding carboxylic acids is 1. The van der Waals surface area contributed by atoms with E-state index >= 15 is 0 Å². The number of aromatic nitrogens is 4. The third kappa shape index (κ3) is 3.17. The van der Waals surface area contributed by atoms with Crippen molar-refractivity contribution >= 4 is 22.9 Å². The molecule has 3 aromatic rings. The number of amides is 1. The molecule has 3 aromatic heterocycles. The topological polar surface area (TPSA) is 86.8 Å². The molecular weight excluding hydrogens is 316 g/mol. The first-order chi connectivity index (χ1) is 12.2. The number of imidazole rings is 1. The Morgan fingerprint density at radius 3 is 3.12 bits per heavy atom. The minimum atomic E-state index is -0.0357. The van der Waals surface area contributed by atoms with Gasteiger partial charge in [-0.25, -0.2) is 15.0 Å². The van der Waals surface area contributed by atoms with Gasteiger partial charge in [0.2, 0.25) is 0 Å². The molecule has 0 bridgehead atoms. The number of anilines is 1. The number of aryl methyl sites for hydroxylation is 1. The van der Waals surface area contributed by atoms with E-state index in [0.717, 1.165) is 36.4 Å². The molecule has 4 heterocycles. The van der Waals surface area contributed by atoms with E-state index in [1.165, 1.54) is 0 Å². The van der Waals surface area contributed by atoms with Gasteiger partial charge in [0.1, 0.15) is 11.5 Å². The molecular formula is C18H20N6O. The average molecular weight is 336 g/mol. The lowest BCUT2D eigenvalue weighted by Crippen LogP contribution is -2.40. The number of nitrogens with zero attached hydrogens (tertiary/aromatic N) is 4. The predicted molar refractivity (Wildman–Crippen MR) is 95.4 cm³/mol. The van der Waals surface area contributed by atoms with Crippen molar-refractivity contribution < 1.29 is 4.79 Å². The van der Waals surface area contributed by atoms with Crippen LogP contribution in [0.25, 0.3) is 11.2 Å². The van der Waals surface area contributed by atoms with E-state index in [1.54, 1.807) is 12.4 Å². The highest BCUT2D eigenvalue weighted by Gasteiger charge is 2.30. The monoisotopic (exact) mass is 336 g/mol. The number of fused-ring (bicyclic) bond motifs is 1. The Labute approximate surface area is 145 Å². The molecule has 2 N–H and O–H groups in total. The second kappa shape index (κ2) is 6.51. The molecule has 1 aliphatic rings. The highest BCUT2D eigenvalue weighted by atomic mass is 16.2. The number of hydrogen-bond acceptors (Lipinski definition) is 5. The van der Waals surface area contributed by atoms with Gasteiger partial charge in [-0.05, 0) is 44.0 Å². The molecule has 1 fully saturated rings. The minimum Gasteiger partial charge on any atom is -0.368 e. The number of hydrogen-bond donors (Lipinski definition) is 2. The lowest BCUT2D eigenvalue weighted by atomic mass is 10.2. The molecule has 1 atom stereocenters. The maximum atomic E-state index is 12.9. The zero-order chi connectivity index (χ0) is 17.2. The van der Waals surface area contributed by atoms with E-state index in [1.807, 2.05) is 36.1 Å². The maximum absolute atomic E-state index is 12.9. The van der Waals surface area contributed by atoms with Crippen molar-refractivity contribution in [3.63, 3.8) is 0 Å². The Balaban J connectivity index is 1.47. The van der Waals surface area contributed by atoms with Crippen LogP contribution in [0.3, 0.4) is 0 Å². The lowest BCUT2D eigenvalue weighted by Gasteiger charge is -2.25. The number of H-pyrrole nitrogens is 1. The van der Waals surface area contributed by atoms with Crippen LogP contribution in [0.1, 0.15) is 29.0 Å².